The van der Waals surface area contributed by atoms with E-state index in [1.165, 1.54) is 0 Å². The zero-order valence-electron chi connectivity index (χ0n) is 13.3. The average Bonchev–Trinajstić information content (AvgIpc) is 2.82. The highest BCUT2D eigenvalue weighted by atomic mass is 19.4. The molecule has 0 amide bonds. The van der Waals surface area contributed by atoms with Gasteiger partial charge in [0, 0.05) is 5.69 Å². The van der Waals surface area contributed by atoms with E-state index in [9.17, 15) is 61.9 Å². The van der Waals surface area contributed by atoms with Gasteiger partial charge in [0.1, 0.15) is 0 Å². The van der Waals surface area contributed by atoms with Crippen LogP contribution < -0.4 is 0 Å². The van der Waals surface area contributed by atoms with Crippen molar-refractivity contribution in [2.75, 3.05) is 0 Å². The van der Waals surface area contributed by atoms with E-state index in [0.717, 1.165) is 19.9 Å². The van der Waals surface area contributed by atoms with Gasteiger partial charge in [0.05, 0.1) is 5.69 Å². The molecule has 0 aliphatic rings. The molecule has 0 aromatic carbocycles. The van der Waals surface area contributed by atoms with Crippen LogP contribution in [0, 0.1) is 13.8 Å². The Morgan fingerprint density at radius 2 is 1.14 bits per heavy atom. The van der Waals surface area contributed by atoms with Crippen LogP contribution in [0.15, 0.2) is 6.07 Å². The van der Waals surface area contributed by atoms with E-state index in [-0.39, 0.29) is 5.69 Å². The van der Waals surface area contributed by atoms with E-state index in [1.54, 1.807) is 0 Å². The number of halogens is 13. The molecule has 0 fully saturated rings. The van der Waals surface area contributed by atoms with E-state index >= 15 is 0 Å². The quantitative estimate of drug-likeness (QED) is 0.610. The highest BCUT2D eigenvalue weighted by Gasteiger charge is 2.91. The summed E-state index contributed by atoms with van der Waals surface area (Å²) in [5, 5.41) is 2.92. The maximum atomic E-state index is 13.7. The van der Waals surface area contributed by atoms with E-state index in [2.05, 4.69) is 5.10 Å². The second-order valence-corrected chi connectivity index (χ2v) is 5.51. The highest BCUT2D eigenvalue weighted by Crippen LogP contribution is 2.60. The molecule has 1 heterocycles. The number of aromatic nitrogens is 2. The first kappa shape index (κ1) is 24.0. The molecule has 1 aromatic rings. The van der Waals surface area contributed by atoms with E-state index in [0.29, 0.717) is 0 Å². The summed E-state index contributed by atoms with van der Waals surface area (Å²) in [6.45, 7) is 1.79. The van der Waals surface area contributed by atoms with Gasteiger partial charge in [0.15, 0.2) is 0 Å². The third-order valence-corrected chi connectivity index (χ3v) is 3.40. The minimum atomic E-state index is -8.06. The summed E-state index contributed by atoms with van der Waals surface area (Å²) >= 11 is 0. The van der Waals surface area contributed by atoms with Crippen LogP contribution in [0.1, 0.15) is 16.2 Å². The maximum Gasteiger partial charge on any atom is 0.460 e. The van der Waals surface area contributed by atoms with Crippen LogP contribution in [-0.2, 0) is 0 Å². The van der Waals surface area contributed by atoms with Gasteiger partial charge in [0.2, 0.25) is 0 Å². The lowest BCUT2D eigenvalue weighted by atomic mass is 9.93. The molecule has 162 valence electrons. The lowest BCUT2D eigenvalue weighted by Crippen LogP contribution is -2.71. The molecule has 0 bridgehead atoms. The maximum absolute atomic E-state index is 13.7. The molecule has 0 aliphatic carbocycles. The molecule has 16 heteroatoms. The molecule has 0 N–H and O–H groups in total. The molecule has 0 aliphatic heterocycles. The monoisotopic (exact) mass is 442 g/mol. The molecule has 0 atom stereocenters. The van der Waals surface area contributed by atoms with Gasteiger partial charge < -0.3 is 0 Å². The highest BCUT2D eigenvalue weighted by molar-refractivity contribution is 5.87. The first-order valence-corrected chi connectivity index (χ1v) is 6.61. The van der Waals surface area contributed by atoms with E-state index < -0.39 is 52.1 Å². The Kier molecular flexibility index (Phi) is 5.35. The molecule has 0 saturated heterocycles. The Bertz CT molecular complexity index is 762. The zero-order chi connectivity index (χ0) is 22.7. The molecule has 1 aromatic heterocycles. The van der Waals surface area contributed by atoms with Gasteiger partial charge in [-0.2, -0.15) is 66.9 Å². The van der Waals surface area contributed by atoms with Gasteiger partial charge in [-0.3, -0.25) is 4.79 Å². The molecule has 1 rings (SSSR count). The number of hydrogen-bond donors (Lipinski definition) is 0. The summed E-state index contributed by atoms with van der Waals surface area (Å²) in [5.74, 6) is -41.8. The fourth-order valence-electron chi connectivity index (χ4n) is 1.87. The fraction of sp³-hybridized carbons (Fsp3) is 0.667. The minimum Gasteiger partial charge on any atom is -0.265 e. The predicted octanol–water partition coefficient (Wildman–Crippen LogP) is 4.88. The van der Waals surface area contributed by atoms with Crippen LogP contribution in [0.2, 0.25) is 0 Å². The largest absolute Gasteiger partial charge is 0.460 e. The van der Waals surface area contributed by atoms with Crippen LogP contribution in [-0.4, -0.2) is 51.5 Å². The van der Waals surface area contributed by atoms with Gasteiger partial charge in [-0.1, -0.05) is 0 Å². The number of carbonyl (C=O) groups excluding carboxylic acids is 1. The lowest BCUT2D eigenvalue weighted by molar-refractivity contribution is -0.435. The Hall–Kier alpha value is -2.03. The Morgan fingerprint density at radius 1 is 0.750 bits per heavy atom. The number of hydrogen-bond acceptors (Lipinski definition) is 2. The van der Waals surface area contributed by atoms with Crippen LogP contribution >= 0.6 is 0 Å². The third-order valence-electron chi connectivity index (χ3n) is 3.40. The molecular weight excluding hydrogens is 435 g/mol. The minimum absolute atomic E-state index is 0.300. The zero-order valence-corrected chi connectivity index (χ0v) is 13.3. The normalized spacial score (nSPS) is 15.1. The van der Waals surface area contributed by atoms with E-state index in [1.807, 2.05) is 0 Å². The molecule has 0 saturated carbocycles. The fourth-order valence-corrected chi connectivity index (χ4v) is 1.87. The Balaban J connectivity index is 3.57. The second kappa shape index (κ2) is 6.23. The second-order valence-electron chi connectivity index (χ2n) is 5.51. The average molecular weight is 442 g/mol. The van der Waals surface area contributed by atoms with Crippen molar-refractivity contribution in [3.05, 3.63) is 17.5 Å². The van der Waals surface area contributed by atoms with Gasteiger partial charge >= 0.3 is 41.7 Å². The van der Waals surface area contributed by atoms with Crippen molar-refractivity contribution in [1.29, 1.82) is 0 Å². The van der Waals surface area contributed by atoms with E-state index in [4.69, 9.17) is 0 Å². The van der Waals surface area contributed by atoms with Crippen LogP contribution in [0.4, 0.5) is 57.1 Å². The predicted molar refractivity (Wildman–Crippen MR) is 63.1 cm³/mol. The first-order chi connectivity index (χ1) is 12.1. The summed E-state index contributed by atoms with van der Waals surface area (Å²) in [7, 11) is 0. The molecular formula is C12H7F13N2O. The van der Waals surface area contributed by atoms with Crippen LogP contribution in [0.3, 0.4) is 0 Å². The summed E-state index contributed by atoms with van der Waals surface area (Å²) in [5.41, 5.74) is -0.973. The summed E-state index contributed by atoms with van der Waals surface area (Å²) < 4.78 is 168. The number of carbonyl (C=O) groups is 1. The SMILES string of the molecule is Cc1cc(C)n(C(=O)C(F)(F)C(F)(F)C(F)(F)C(F)(F)C(F)(F)C(F)(F)F)n1. The molecule has 0 spiro atoms. The smallest absolute Gasteiger partial charge is 0.265 e. The van der Waals surface area contributed by atoms with Crippen molar-refractivity contribution < 1.29 is 61.9 Å². The number of nitrogens with zero attached hydrogens (tertiary/aromatic N) is 2. The Labute approximate surface area is 146 Å². The van der Waals surface area contributed by atoms with Crippen LogP contribution in [0.25, 0.3) is 0 Å². The van der Waals surface area contributed by atoms with Gasteiger partial charge in [-0.05, 0) is 19.9 Å². The number of aryl methyl sites for hydroxylation is 2. The first-order valence-electron chi connectivity index (χ1n) is 6.61. The molecule has 0 unspecified atom stereocenters. The van der Waals surface area contributed by atoms with Crippen molar-refractivity contribution in [1.82, 2.24) is 9.78 Å². The standard InChI is InChI=1S/C12H7F13N2O/c1-4-3-5(2)27(26-4)6(28)7(13,14)8(15,16)9(17,18)10(19,20)11(21,22)12(23,24)25/h3H,1-2H3. The third kappa shape index (κ3) is 3.00. The van der Waals surface area contributed by atoms with Crippen LogP contribution in [0.5, 0.6) is 0 Å². The van der Waals surface area contributed by atoms with Gasteiger partial charge in [0.25, 0.3) is 0 Å². The number of rotatable bonds is 5. The van der Waals surface area contributed by atoms with Crippen molar-refractivity contribution in [3.8, 4) is 0 Å². The van der Waals surface area contributed by atoms with Crippen molar-refractivity contribution in [2.45, 2.75) is 49.6 Å². The summed E-state index contributed by atoms with van der Waals surface area (Å²) in [4.78, 5) is 11.4. The number of alkyl halides is 13. The lowest BCUT2D eigenvalue weighted by Gasteiger charge is -2.39. The van der Waals surface area contributed by atoms with Crippen molar-refractivity contribution in [2.24, 2.45) is 0 Å². The summed E-state index contributed by atoms with van der Waals surface area (Å²) in [6, 6.07) is 0.788. The molecule has 0 radical (unpaired) electrons. The topological polar surface area (TPSA) is 34.9 Å². The molecule has 28 heavy (non-hydrogen) atoms. The van der Waals surface area contributed by atoms with Gasteiger partial charge in [-0.15, -0.1) is 0 Å². The summed E-state index contributed by atoms with van der Waals surface area (Å²) in [6.07, 6.45) is -7.51. The molecule has 3 nitrogen and oxygen atoms in total. The Morgan fingerprint density at radius 3 is 1.46 bits per heavy atom. The van der Waals surface area contributed by atoms with Crippen molar-refractivity contribution >= 4 is 5.91 Å². The van der Waals surface area contributed by atoms with Gasteiger partial charge in [-0.25, -0.2) is 0 Å². The van der Waals surface area contributed by atoms with Crippen molar-refractivity contribution in [3.63, 3.8) is 0 Å².